The van der Waals surface area contributed by atoms with Crippen molar-refractivity contribution >= 4 is 11.9 Å². The summed E-state index contributed by atoms with van der Waals surface area (Å²) in [5.74, 6) is -1.85. The van der Waals surface area contributed by atoms with Crippen LogP contribution in [0.15, 0.2) is 25.3 Å². The standard InChI is InChI=1S/2C11H20O2.Co/c2*1-2-3-4-5-6-7-8-9-10-11(12)13;/h2*2H,1,3-10H2,(H,12,13);/q;;+2/p-2. The van der Waals surface area contributed by atoms with Gasteiger partial charge in [-0.15, -0.1) is 13.2 Å². The van der Waals surface area contributed by atoms with Gasteiger partial charge in [-0.05, 0) is 51.4 Å². The van der Waals surface area contributed by atoms with Crippen molar-refractivity contribution < 1.29 is 36.6 Å². The number of rotatable bonds is 18. The fourth-order valence-corrected chi connectivity index (χ4v) is 2.53. The summed E-state index contributed by atoms with van der Waals surface area (Å²) in [6, 6.07) is 0. The smallest absolute Gasteiger partial charge is 0.550 e. The Bertz CT molecular complexity index is 322. The average Bonchev–Trinajstić information content (AvgIpc) is 2.60. The van der Waals surface area contributed by atoms with Crippen LogP contribution >= 0.6 is 0 Å². The summed E-state index contributed by atoms with van der Waals surface area (Å²) in [6.07, 6.45) is 19.7. The first-order valence-electron chi connectivity index (χ1n) is 10.2. The van der Waals surface area contributed by atoms with Crippen LogP contribution in [0.4, 0.5) is 0 Å². The van der Waals surface area contributed by atoms with E-state index in [-0.39, 0.29) is 29.6 Å². The maximum atomic E-state index is 10.1. The number of unbranched alkanes of at least 4 members (excludes halogenated alkanes) is 12. The molecule has 0 unspecified atom stereocenters. The molecule has 0 fully saturated rings. The number of aliphatic carboxylic acids is 2. The molecule has 0 aromatic heterocycles. The average molecular weight is 425 g/mol. The van der Waals surface area contributed by atoms with Crippen LogP contribution < -0.4 is 10.2 Å². The van der Waals surface area contributed by atoms with E-state index in [9.17, 15) is 19.8 Å². The number of hydrogen-bond donors (Lipinski definition) is 0. The normalized spacial score (nSPS) is 9.48. The van der Waals surface area contributed by atoms with E-state index in [4.69, 9.17) is 0 Å². The van der Waals surface area contributed by atoms with Gasteiger partial charge in [-0.25, -0.2) is 0 Å². The van der Waals surface area contributed by atoms with Crippen molar-refractivity contribution in [2.45, 2.75) is 103 Å². The molecule has 0 atom stereocenters. The van der Waals surface area contributed by atoms with E-state index in [1.165, 1.54) is 38.5 Å². The summed E-state index contributed by atoms with van der Waals surface area (Å²) in [5.41, 5.74) is 0. The molecule has 0 saturated carbocycles. The Morgan fingerprint density at radius 2 is 0.815 bits per heavy atom. The van der Waals surface area contributed by atoms with Gasteiger partial charge in [-0.3, -0.25) is 0 Å². The van der Waals surface area contributed by atoms with E-state index in [1.807, 2.05) is 12.2 Å². The number of hydrogen-bond acceptors (Lipinski definition) is 4. The first-order chi connectivity index (χ1) is 12.5. The molecule has 0 N–H and O–H groups in total. The number of allylic oxidation sites excluding steroid dienone is 2. The zero-order valence-electron chi connectivity index (χ0n) is 16.8. The van der Waals surface area contributed by atoms with Gasteiger partial charge < -0.3 is 19.8 Å². The molecule has 0 aromatic carbocycles. The molecule has 0 rings (SSSR count). The zero-order valence-corrected chi connectivity index (χ0v) is 17.9. The zero-order chi connectivity index (χ0) is 19.9. The van der Waals surface area contributed by atoms with Crippen LogP contribution in [0.1, 0.15) is 103 Å². The van der Waals surface area contributed by atoms with Gasteiger partial charge in [0.2, 0.25) is 0 Å². The van der Waals surface area contributed by atoms with Crippen molar-refractivity contribution in [2.24, 2.45) is 0 Å². The van der Waals surface area contributed by atoms with Gasteiger partial charge in [0.1, 0.15) is 0 Å². The number of carboxylic acid groups (broad SMARTS) is 2. The SMILES string of the molecule is C=CCCCCCCCCC(=O)[O-].C=CCCCCCCCCC(=O)[O-].[Co+2]. The molecule has 0 aliphatic heterocycles. The van der Waals surface area contributed by atoms with E-state index in [0.717, 1.165) is 51.4 Å². The Hall–Kier alpha value is -1.07. The van der Waals surface area contributed by atoms with E-state index >= 15 is 0 Å². The van der Waals surface area contributed by atoms with E-state index < -0.39 is 11.9 Å². The fourth-order valence-electron chi connectivity index (χ4n) is 2.53. The predicted octanol–water partition coefficient (Wildman–Crippen LogP) is 4.08. The van der Waals surface area contributed by atoms with Crippen molar-refractivity contribution in [3.63, 3.8) is 0 Å². The van der Waals surface area contributed by atoms with Gasteiger partial charge in [-0.1, -0.05) is 63.5 Å². The summed E-state index contributed by atoms with van der Waals surface area (Å²) in [4.78, 5) is 20.1. The molecule has 0 amide bonds. The van der Waals surface area contributed by atoms with Gasteiger partial charge in [0.25, 0.3) is 0 Å². The van der Waals surface area contributed by atoms with Gasteiger partial charge >= 0.3 is 16.8 Å². The Kier molecular flexibility index (Phi) is 30.8. The third kappa shape index (κ3) is 36.6. The minimum atomic E-state index is -0.924. The molecule has 0 aromatic rings. The van der Waals surface area contributed by atoms with Gasteiger partial charge in [0, 0.05) is 11.9 Å². The molecule has 0 aliphatic carbocycles. The Morgan fingerprint density at radius 3 is 1.07 bits per heavy atom. The molecule has 0 bridgehead atoms. The van der Waals surface area contributed by atoms with E-state index in [1.54, 1.807) is 0 Å². The van der Waals surface area contributed by atoms with E-state index in [0.29, 0.717) is 0 Å². The Labute approximate surface area is 176 Å². The Balaban J connectivity index is -0.000000411. The number of carboxylic acids is 2. The second kappa shape index (κ2) is 27.1. The maximum absolute atomic E-state index is 10.1. The number of carbonyl (C=O) groups excluding carboxylic acids is 2. The molecule has 0 saturated heterocycles. The van der Waals surface area contributed by atoms with Crippen LogP contribution in [0.25, 0.3) is 0 Å². The second-order valence-electron chi connectivity index (χ2n) is 6.64. The van der Waals surface area contributed by atoms with Crippen molar-refractivity contribution in [1.82, 2.24) is 0 Å². The van der Waals surface area contributed by atoms with Crippen LogP contribution in [0.5, 0.6) is 0 Å². The molecule has 0 heterocycles. The Morgan fingerprint density at radius 1 is 0.556 bits per heavy atom. The minimum absolute atomic E-state index is 0. The molecule has 0 spiro atoms. The quantitative estimate of drug-likeness (QED) is 0.245. The number of carbonyl (C=O) groups is 2. The second-order valence-corrected chi connectivity index (χ2v) is 6.64. The third-order valence-corrected chi connectivity index (χ3v) is 4.08. The molecule has 27 heavy (non-hydrogen) atoms. The van der Waals surface area contributed by atoms with Gasteiger partial charge in [0.05, 0.1) is 0 Å². The van der Waals surface area contributed by atoms with Crippen LogP contribution in [-0.2, 0) is 26.4 Å². The first-order valence-corrected chi connectivity index (χ1v) is 10.2. The van der Waals surface area contributed by atoms with Crippen LogP contribution in [-0.4, -0.2) is 11.9 Å². The van der Waals surface area contributed by atoms with Crippen molar-refractivity contribution in [1.29, 1.82) is 0 Å². The summed E-state index contributed by atoms with van der Waals surface area (Å²) >= 11 is 0. The predicted molar refractivity (Wildman–Crippen MR) is 104 cm³/mol. The molecule has 159 valence electrons. The summed E-state index contributed by atoms with van der Waals surface area (Å²) < 4.78 is 0. The molecule has 4 nitrogen and oxygen atoms in total. The van der Waals surface area contributed by atoms with E-state index in [2.05, 4.69) is 13.2 Å². The van der Waals surface area contributed by atoms with Crippen LogP contribution in [0.3, 0.4) is 0 Å². The monoisotopic (exact) mass is 425 g/mol. The topological polar surface area (TPSA) is 80.3 Å². The molecule has 0 aliphatic rings. The van der Waals surface area contributed by atoms with Gasteiger partial charge in [0.15, 0.2) is 0 Å². The van der Waals surface area contributed by atoms with Crippen molar-refractivity contribution in [2.75, 3.05) is 0 Å². The summed E-state index contributed by atoms with van der Waals surface area (Å²) in [5, 5.41) is 20.1. The first kappa shape index (κ1) is 30.6. The van der Waals surface area contributed by atoms with Crippen molar-refractivity contribution in [3.05, 3.63) is 25.3 Å². The summed E-state index contributed by atoms with van der Waals surface area (Å²) in [6.45, 7) is 7.31. The fraction of sp³-hybridized carbons (Fsp3) is 0.727. The van der Waals surface area contributed by atoms with Crippen LogP contribution in [0.2, 0.25) is 0 Å². The molecule has 1 radical (unpaired) electrons. The molecule has 5 heteroatoms. The minimum Gasteiger partial charge on any atom is -0.550 e. The third-order valence-electron chi connectivity index (χ3n) is 4.08. The maximum Gasteiger partial charge on any atom is 2.00 e. The largest absolute Gasteiger partial charge is 2.00 e. The molecular formula is C22H38CoO4. The van der Waals surface area contributed by atoms with Crippen molar-refractivity contribution in [3.8, 4) is 0 Å². The molecular weight excluding hydrogens is 387 g/mol. The summed E-state index contributed by atoms with van der Waals surface area (Å²) in [7, 11) is 0. The van der Waals surface area contributed by atoms with Gasteiger partial charge in [-0.2, -0.15) is 0 Å². The van der Waals surface area contributed by atoms with Crippen LogP contribution in [0, 0.1) is 0 Å².